The number of rotatable bonds is 3. The van der Waals surface area contributed by atoms with Crippen LogP contribution in [0.2, 0.25) is 0 Å². The fraction of sp³-hybridized carbons (Fsp3) is 0.533. The molecule has 1 saturated carbocycles. The van der Waals surface area contributed by atoms with E-state index in [0.717, 1.165) is 35.4 Å². The average Bonchev–Trinajstić information content (AvgIpc) is 3.22. The fourth-order valence-electron chi connectivity index (χ4n) is 2.66. The van der Waals surface area contributed by atoms with Crippen LogP contribution in [0.15, 0.2) is 17.6 Å². The number of aromatic nitrogens is 3. The number of morpholine rings is 1. The standard InChI is InChI=1S/C15H18N4OS/c1-10-8-13(18-14(17-10)11-2-3-11)19-5-6-20-12(9-19)15-16-4-7-21-15/h4,7-8,11-12H,2-3,5-6,9H2,1H3. The molecular formula is C15H18N4OS. The van der Waals surface area contributed by atoms with E-state index in [1.807, 2.05) is 11.6 Å². The van der Waals surface area contributed by atoms with Gasteiger partial charge in [-0.05, 0) is 19.8 Å². The molecule has 2 aromatic rings. The van der Waals surface area contributed by atoms with E-state index in [1.54, 1.807) is 11.3 Å². The zero-order chi connectivity index (χ0) is 14.2. The lowest BCUT2D eigenvalue weighted by Crippen LogP contribution is -2.39. The minimum absolute atomic E-state index is 0.0541. The molecule has 1 atom stereocenters. The highest BCUT2D eigenvalue weighted by Crippen LogP contribution is 2.39. The van der Waals surface area contributed by atoms with Gasteiger partial charge in [-0.15, -0.1) is 11.3 Å². The van der Waals surface area contributed by atoms with E-state index in [0.29, 0.717) is 12.5 Å². The van der Waals surface area contributed by atoms with Crippen molar-refractivity contribution in [1.29, 1.82) is 0 Å². The second-order valence-corrected chi connectivity index (χ2v) is 6.60. The SMILES string of the molecule is Cc1cc(N2CCOC(c3nccs3)C2)nc(C2CC2)n1. The first kappa shape index (κ1) is 13.2. The van der Waals surface area contributed by atoms with Gasteiger partial charge in [-0.25, -0.2) is 15.0 Å². The number of ether oxygens (including phenoxy) is 1. The van der Waals surface area contributed by atoms with Crippen LogP contribution in [-0.2, 0) is 4.74 Å². The van der Waals surface area contributed by atoms with Crippen LogP contribution in [0.4, 0.5) is 5.82 Å². The summed E-state index contributed by atoms with van der Waals surface area (Å²) < 4.78 is 5.86. The van der Waals surface area contributed by atoms with Gasteiger partial charge in [-0.1, -0.05) is 0 Å². The molecule has 1 saturated heterocycles. The monoisotopic (exact) mass is 302 g/mol. The van der Waals surface area contributed by atoms with Crippen molar-refractivity contribution in [1.82, 2.24) is 15.0 Å². The zero-order valence-corrected chi connectivity index (χ0v) is 12.8. The van der Waals surface area contributed by atoms with Crippen LogP contribution in [0.25, 0.3) is 0 Å². The molecule has 1 aliphatic heterocycles. The third-order valence-corrected chi connectivity index (χ3v) is 4.79. The van der Waals surface area contributed by atoms with Crippen LogP contribution in [0.1, 0.15) is 41.4 Å². The van der Waals surface area contributed by atoms with Crippen molar-refractivity contribution in [3.05, 3.63) is 34.2 Å². The van der Waals surface area contributed by atoms with Crippen molar-refractivity contribution in [2.24, 2.45) is 0 Å². The molecule has 0 aromatic carbocycles. The van der Waals surface area contributed by atoms with Gasteiger partial charge in [0, 0.05) is 35.8 Å². The molecule has 1 aliphatic carbocycles. The molecule has 0 amide bonds. The van der Waals surface area contributed by atoms with Gasteiger partial charge in [0.05, 0.1) is 13.2 Å². The summed E-state index contributed by atoms with van der Waals surface area (Å²) >= 11 is 1.65. The van der Waals surface area contributed by atoms with Gasteiger partial charge < -0.3 is 9.64 Å². The Bertz CT molecular complexity index is 627. The summed E-state index contributed by atoms with van der Waals surface area (Å²) in [7, 11) is 0. The van der Waals surface area contributed by atoms with Crippen LogP contribution >= 0.6 is 11.3 Å². The van der Waals surface area contributed by atoms with E-state index in [1.165, 1.54) is 12.8 Å². The fourth-order valence-corrected chi connectivity index (χ4v) is 3.34. The third-order valence-electron chi connectivity index (χ3n) is 3.92. The molecule has 0 N–H and O–H groups in total. The quantitative estimate of drug-likeness (QED) is 0.872. The van der Waals surface area contributed by atoms with E-state index in [-0.39, 0.29) is 6.10 Å². The van der Waals surface area contributed by atoms with Crippen molar-refractivity contribution in [2.45, 2.75) is 31.8 Å². The first-order valence-corrected chi connectivity index (χ1v) is 8.29. The molecule has 110 valence electrons. The predicted molar refractivity (Wildman–Crippen MR) is 81.8 cm³/mol. The summed E-state index contributed by atoms with van der Waals surface area (Å²) in [5.41, 5.74) is 1.05. The van der Waals surface area contributed by atoms with Gasteiger partial charge >= 0.3 is 0 Å². The lowest BCUT2D eigenvalue weighted by molar-refractivity contribution is 0.0393. The number of aryl methyl sites for hydroxylation is 1. The van der Waals surface area contributed by atoms with Gasteiger partial charge in [-0.2, -0.15) is 0 Å². The first-order chi connectivity index (χ1) is 10.3. The Kier molecular flexibility index (Phi) is 3.35. The number of thiazole rings is 1. The molecule has 2 aromatic heterocycles. The number of hydrogen-bond acceptors (Lipinski definition) is 6. The Balaban J connectivity index is 1.57. The van der Waals surface area contributed by atoms with E-state index in [4.69, 9.17) is 9.72 Å². The Hall–Kier alpha value is -1.53. The lowest BCUT2D eigenvalue weighted by atomic mass is 10.2. The maximum atomic E-state index is 5.86. The second-order valence-electron chi connectivity index (χ2n) is 5.68. The molecule has 1 unspecified atom stereocenters. The molecule has 0 radical (unpaired) electrons. The molecule has 2 fully saturated rings. The highest BCUT2D eigenvalue weighted by Gasteiger charge is 2.29. The molecular weight excluding hydrogens is 284 g/mol. The molecule has 2 aliphatic rings. The van der Waals surface area contributed by atoms with E-state index in [9.17, 15) is 0 Å². The molecule has 6 heteroatoms. The summed E-state index contributed by atoms with van der Waals surface area (Å²) in [4.78, 5) is 16.0. The van der Waals surface area contributed by atoms with Gasteiger partial charge in [0.2, 0.25) is 0 Å². The smallest absolute Gasteiger partial charge is 0.134 e. The normalized spacial score (nSPS) is 22.5. The third kappa shape index (κ3) is 2.78. The van der Waals surface area contributed by atoms with Gasteiger partial charge in [0.1, 0.15) is 22.8 Å². The van der Waals surface area contributed by atoms with Crippen LogP contribution in [0.3, 0.4) is 0 Å². The van der Waals surface area contributed by atoms with Crippen LogP contribution < -0.4 is 4.90 Å². The first-order valence-electron chi connectivity index (χ1n) is 7.41. The molecule has 5 nitrogen and oxygen atoms in total. The minimum Gasteiger partial charge on any atom is -0.367 e. The van der Waals surface area contributed by atoms with Crippen LogP contribution in [0, 0.1) is 6.92 Å². The van der Waals surface area contributed by atoms with Crippen LogP contribution in [0.5, 0.6) is 0 Å². The molecule has 4 rings (SSSR count). The topological polar surface area (TPSA) is 51.1 Å². The Morgan fingerprint density at radius 1 is 1.33 bits per heavy atom. The molecule has 0 bridgehead atoms. The van der Waals surface area contributed by atoms with Gasteiger partial charge in [0.25, 0.3) is 0 Å². The maximum absolute atomic E-state index is 5.86. The summed E-state index contributed by atoms with van der Waals surface area (Å²) in [6.07, 6.45) is 4.35. The van der Waals surface area contributed by atoms with Crippen LogP contribution in [-0.4, -0.2) is 34.6 Å². The van der Waals surface area contributed by atoms with Crippen molar-refractivity contribution in [2.75, 3.05) is 24.6 Å². The summed E-state index contributed by atoms with van der Waals surface area (Å²) in [6.45, 7) is 4.46. The zero-order valence-electron chi connectivity index (χ0n) is 12.0. The molecule has 21 heavy (non-hydrogen) atoms. The molecule has 0 spiro atoms. The number of anilines is 1. The van der Waals surface area contributed by atoms with E-state index < -0.39 is 0 Å². The summed E-state index contributed by atoms with van der Waals surface area (Å²) in [6, 6.07) is 2.08. The molecule has 3 heterocycles. The largest absolute Gasteiger partial charge is 0.367 e. The van der Waals surface area contributed by atoms with Crippen molar-refractivity contribution in [3.63, 3.8) is 0 Å². The summed E-state index contributed by atoms with van der Waals surface area (Å²) in [5.74, 6) is 2.64. The minimum atomic E-state index is 0.0541. The van der Waals surface area contributed by atoms with Crippen molar-refractivity contribution in [3.8, 4) is 0 Å². The van der Waals surface area contributed by atoms with Crippen molar-refractivity contribution >= 4 is 17.2 Å². The van der Waals surface area contributed by atoms with Crippen molar-refractivity contribution < 1.29 is 4.74 Å². The summed E-state index contributed by atoms with van der Waals surface area (Å²) in [5, 5.41) is 3.05. The second kappa shape index (κ2) is 5.35. The van der Waals surface area contributed by atoms with Gasteiger partial charge in [-0.3, -0.25) is 0 Å². The highest BCUT2D eigenvalue weighted by molar-refractivity contribution is 7.09. The van der Waals surface area contributed by atoms with E-state index >= 15 is 0 Å². The Morgan fingerprint density at radius 3 is 3.00 bits per heavy atom. The van der Waals surface area contributed by atoms with E-state index in [2.05, 4.69) is 27.9 Å². The Morgan fingerprint density at radius 2 is 2.24 bits per heavy atom. The number of nitrogens with zero attached hydrogens (tertiary/aromatic N) is 4. The van der Waals surface area contributed by atoms with Gasteiger partial charge in [0.15, 0.2) is 0 Å². The Labute approximate surface area is 128 Å². The average molecular weight is 302 g/mol. The lowest BCUT2D eigenvalue weighted by Gasteiger charge is -2.33. The highest BCUT2D eigenvalue weighted by atomic mass is 32.1. The maximum Gasteiger partial charge on any atom is 0.134 e. The number of hydrogen-bond donors (Lipinski definition) is 0. The predicted octanol–water partition coefficient (Wildman–Crippen LogP) is 2.70.